The van der Waals surface area contributed by atoms with Crippen LogP contribution in [0.2, 0.25) is 0 Å². The molecule has 0 radical (unpaired) electrons. The van der Waals surface area contributed by atoms with Crippen LogP contribution in [-0.2, 0) is 28.4 Å². The van der Waals surface area contributed by atoms with Crippen molar-refractivity contribution in [1.29, 1.82) is 0 Å². The molecule has 0 heterocycles. The van der Waals surface area contributed by atoms with Crippen LogP contribution in [0.3, 0.4) is 0 Å². The lowest BCUT2D eigenvalue weighted by Gasteiger charge is -2.65. The highest BCUT2D eigenvalue weighted by molar-refractivity contribution is 5.17. The van der Waals surface area contributed by atoms with Crippen molar-refractivity contribution in [1.82, 2.24) is 0 Å². The Bertz CT molecular complexity index is 1040. The summed E-state index contributed by atoms with van der Waals surface area (Å²) in [5.41, 5.74) is -0.677. The summed E-state index contributed by atoms with van der Waals surface area (Å²) < 4.78 is 41.6. The molecule has 0 spiro atoms. The summed E-state index contributed by atoms with van der Waals surface area (Å²) in [6.45, 7) is 1.33. The molecule has 6 nitrogen and oxygen atoms in total. The monoisotopic (exact) mass is 676 g/mol. The van der Waals surface area contributed by atoms with E-state index in [1.807, 2.05) is 0 Å². The van der Waals surface area contributed by atoms with Crippen LogP contribution in [0.25, 0.3) is 0 Å². The molecule has 0 saturated heterocycles. The van der Waals surface area contributed by atoms with E-state index < -0.39 is 0 Å². The molecule has 0 aliphatic heterocycles. The third-order valence-electron chi connectivity index (χ3n) is 18.2. The van der Waals surface area contributed by atoms with Gasteiger partial charge >= 0.3 is 0 Å². The summed E-state index contributed by atoms with van der Waals surface area (Å²) >= 11 is 0. The molecule has 0 aromatic carbocycles. The van der Waals surface area contributed by atoms with Crippen molar-refractivity contribution in [3.63, 3.8) is 0 Å². The predicted molar refractivity (Wildman–Crippen MR) is 183 cm³/mol. The fraction of sp³-hybridized carbons (Fsp3) is 1.00. The normalized spacial score (nSPS) is 59.5. The lowest BCUT2D eigenvalue weighted by Crippen LogP contribution is -2.68. The molecule has 0 N–H and O–H groups in total. The Morgan fingerprint density at radius 1 is 0.306 bits per heavy atom. The van der Waals surface area contributed by atoms with Crippen molar-refractivity contribution in [2.75, 3.05) is 20.4 Å². The van der Waals surface area contributed by atoms with Gasteiger partial charge in [0.05, 0.1) is 35.1 Å². The zero-order valence-corrected chi connectivity index (χ0v) is 30.2. The minimum absolute atomic E-state index is 0.226. The molecule has 49 heavy (non-hydrogen) atoms. The maximum Gasteiger partial charge on any atom is 0.147 e. The highest BCUT2D eigenvalue weighted by Gasteiger charge is 2.66. The molecule has 272 valence electrons. The van der Waals surface area contributed by atoms with E-state index in [0.29, 0.717) is 44.6 Å². The van der Waals surface area contributed by atoms with Crippen LogP contribution >= 0.6 is 0 Å². The van der Waals surface area contributed by atoms with Gasteiger partial charge in [-0.2, -0.15) is 0 Å². The van der Waals surface area contributed by atoms with Gasteiger partial charge in [0.25, 0.3) is 0 Å². The van der Waals surface area contributed by atoms with Crippen LogP contribution in [0.1, 0.15) is 135 Å². The van der Waals surface area contributed by atoms with E-state index in [9.17, 15) is 0 Å². The van der Waals surface area contributed by atoms with Crippen LogP contribution < -0.4 is 0 Å². The number of hydrogen-bond acceptors (Lipinski definition) is 6. The first-order valence-electron chi connectivity index (χ1n) is 21.7. The standard InChI is InChI=1S/C43H64O6/c1-25-4-32-6-26(1)7-33(5-25)38(32)44-22-47-41-16-31-17-42(19-41,48-23-45-39-34-8-27-2-28(10-34)11-35(39)9-27)21-43(18-31,20-41)49-24-46-40-36-12-29-3-30(14-36)15-37(40)13-29/h25-40H,1-24H2. The highest BCUT2D eigenvalue weighted by atomic mass is 16.7. The third kappa shape index (κ3) is 5.27. The molecular weight excluding hydrogens is 612 g/mol. The number of ether oxygens (including phenoxy) is 6. The van der Waals surface area contributed by atoms with E-state index in [1.54, 1.807) is 0 Å². The maximum absolute atomic E-state index is 7.08. The fourth-order valence-corrected chi connectivity index (χ4v) is 17.8. The molecule has 0 atom stereocenters. The molecule has 16 fully saturated rings. The fourth-order valence-electron chi connectivity index (χ4n) is 17.8. The molecule has 16 rings (SSSR count). The first kappa shape index (κ1) is 31.1. The minimum Gasteiger partial charge on any atom is -0.352 e. The summed E-state index contributed by atoms with van der Waals surface area (Å²) in [6, 6.07) is 0. The van der Waals surface area contributed by atoms with Gasteiger partial charge in [-0.05, 0) is 193 Å². The van der Waals surface area contributed by atoms with Gasteiger partial charge in [0, 0.05) is 19.3 Å². The first-order valence-corrected chi connectivity index (χ1v) is 21.7. The Balaban J connectivity index is 0.744. The Labute approximate surface area is 295 Å². The van der Waals surface area contributed by atoms with E-state index >= 15 is 0 Å². The average molecular weight is 677 g/mol. The van der Waals surface area contributed by atoms with Gasteiger partial charge in [-0.25, -0.2) is 0 Å². The van der Waals surface area contributed by atoms with Crippen LogP contribution in [0.4, 0.5) is 0 Å². The van der Waals surface area contributed by atoms with Crippen molar-refractivity contribution in [2.24, 2.45) is 76.9 Å². The van der Waals surface area contributed by atoms with Crippen molar-refractivity contribution in [3.8, 4) is 0 Å². The highest BCUT2D eigenvalue weighted by Crippen LogP contribution is 2.64. The Hall–Kier alpha value is -0.240. The molecule has 16 aliphatic rings. The zero-order chi connectivity index (χ0) is 32.0. The SMILES string of the molecule is C(OC1C2CC3CC(C2)CC1C3)OC12CC3CC(OCOC4C5CC6CC(C5)CC4C6)(C1)CC(OCOC1C4CC5CC(C4)CC1C5)(C3)C2. The summed E-state index contributed by atoms with van der Waals surface area (Å²) in [5, 5.41) is 0. The molecule has 16 aliphatic carbocycles. The topological polar surface area (TPSA) is 55.4 Å². The van der Waals surface area contributed by atoms with Crippen LogP contribution in [0.5, 0.6) is 0 Å². The van der Waals surface area contributed by atoms with E-state index in [1.165, 1.54) is 96.3 Å². The van der Waals surface area contributed by atoms with Crippen molar-refractivity contribution in [3.05, 3.63) is 0 Å². The molecular formula is C43H64O6. The Morgan fingerprint density at radius 3 is 0.796 bits per heavy atom. The van der Waals surface area contributed by atoms with Gasteiger partial charge in [-0.1, -0.05) is 0 Å². The summed E-state index contributed by atoms with van der Waals surface area (Å²) in [5.74, 6) is 11.0. The number of hydrogen-bond donors (Lipinski definition) is 0. The zero-order valence-electron chi connectivity index (χ0n) is 30.2. The Morgan fingerprint density at radius 2 is 0.551 bits per heavy atom. The van der Waals surface area contributed by atoms with Crippen LogP contribution in [0.15, 0.2) is 0 Å². The summed E-state index contributed by atoms with van der Waals surface area (Å²) in [6.07, 6.45) is 28.7. The Kier molecular flexibility index (Phi) is 7.24. The van der Waals surface area contributed by atoms with Crippen molar-refractivity contribution in [2.45, 2.75) is 170 Å². The lowest BCUT2D eigenvalue weighted by molar-refractivity contribution is -0.336. The molecule has 16 saturated carbocycles. The van der Waals surface area contributed by atoms with Gasteiger partial charge < -0.3 is 28.4 Å². The lowest BCUT2D eigenvalue weighted by atomic mass is 9.50. The van der Waals surface area contributed by atoms with Crippen LogP contribution in [-0.4, -0.2) is 55.5 Å². The quantitative estimate of drug-likeness (QED) is 0.193. The first-order chi connectivity index (χ1) is 23.9. The third-order valence-corrected chi connectivity index (χ3v) is 18.2. The molecule has 0 unspecified atom stereocenters. The van der Waals surface area contributed by atoms with Gasteiger partial charge in [0.2, 0.25) is 0 Å². The average Bonchev–Trinajstić information content (AvgIpc) is 3.03. The maximum atomic E-state index is 7.08. The van der Waals surface area contributed by atoms with Crippen LogP contribution in [0, 0.1) is 76.9 Å². The number of rotatable bonds is 12. The summed E-state index contributed by atoms with van der Waals surface area (Å²) in [7, 11) is 0. The van der Waals surface area contributed by atoms with E-state index in [2.05, 4.69) is 0 Å². The van der Waals surface area contributed by atoms with Gasteiger partial charge in [0.15, 0.2) is 0 Å². The smallest absolute Gasteiger partial charge is 0.147 e. The molecule has 16 bridgehead atoms. The van der Waals surface area contributed by atoms with Crippen molar-refractivity contribution >= 4 is 0 Å². The van der Waals surface area contributed by atoms with Crippen molar-refractivity contribution < 1.29 is 28.4 Å². The predicted octanol–water partition coefficient (Wildman–Crippen LogP) is 8.65. The molecule has 0 aromatic heterocycles. The minimum atomic E-state index is -0.226. The molecule has 0 aromatic rings. The van der Waals surface area contributed by atoms with E-state index in [4.69, 9.17) is 28.4 Å². The molecule has 6 heteroatoms. The van der Waals surface area contributed by atoms with Gasteiger partial charge in [-0.15, -0.1) is 0 Å². The van der Waals surface area contributed by atoms with E-state index in [-0.39, 0.29) is 16.8 Å². The second-order valence-electron chi connectivity index (χ2n) is 21.5. The second-order valence-corrected chi connectivity index (χ2v) is 21.5. The largest absolute Gasteiger partial charge is 0.352 e. The summed E-state index contributed by atoms with van der Waals surface area (Å²) in [4.78, 5) is 0. The van der Waals surface area contributed by atoms with Gasteiger partial charge in [0.1, 0.15) is 20.4 Å². The van der Waals surface area contributed by atoms with E-state index in [0.717, 1.165) is 110 Å². The second kappa shape index (κ2) is 11.4. The molecule has 0 amide bonds. The van der Waals surface area contributed by atoms with Gasteiger partial charge in [-0.3, -0.25) is 0 Å².